The number of amidine groups is 1. The summed E-state index contributed by atoms with van der Waals surface area (Å²) in [6.45, 7) is 0. The maximum absolute atomic E-state index is 10.2. The summed E-state index contributed by atoms with van der Waals surface area (Å²) in [7, 11) is 0. The van der Waals surface area contributed by atoms with E-state index in [-0.39, 0.29) is 5.56 Å². The fourth-order valence-electron chi connectivity index (χ4n) is 0.695. The van der Waals surface area contributed by atoms with Crippen LogP contribution >= 0.6 is 0 Å². The maximum Gasteiger partial charge on any atom is 0.418 e. The van der Waals surface area contributed by atoms with Crippen LogP contribution in [-0.4, -0.2) is 21.0 Å². The highest BCUT2D eigenvalue weighted by Crippen LogP contribution is 1.98. The fraction of sp³-hybridized carbons (Fsp3) is 0. The fourth-order valence-corrected chi connectivity index (χ4v) is 0.695. The zero-order valence-electron chi connectivity index (χ0n) is 5.91. The monoisotopic (exact) mass is 167 g/mol. The molecule has 0 aromatic carbocycles. The molecule has 1 rings (SSSR count). The highest BCUT2D eigenvalue weighted by molar-refractivity contribution is 5.91. The molecule has 0 radical (unpaired) electrons. The van der Waals surface area contributed by atoms with Gasteiger partial charge in [-0.05, 0) is 17.1 Å². The first kappa shape index (κ1) is 8.12. The van der Waals surface area contributed by atoms with Crippen LogP contribution in [0.1, 0.15) is 5.56 Å². The molecule has 0 saturated carbocycles. The minimum absolute atomic E-state index is 0.171. The Labute approximate surface area is 67.3 Å². The minimum atomic E-state index is -0.781. The van der Waals surface area contributed by atoms with Crippen molar-refractivity contribution >= 4 is 5.84 Å². The molecule has 0 amide bonds. The van der Waals surface area contributed by atoms with E-state index in [0.29, 0.717) is 0 Å². The Morgan fingerprint density at radius 2 is 2.50 bits per heavy atom. The first-order chi connectivity index (χ1) is 5.75. The summed E-state index contributed by atoms with van der Waals surface area (Å²) in [5.74, 6) is -0.608. The van der Waals surface area contributed by atoms with E-state index >= 15 is 0 Å². The van der Waals surface area contributed by atoms with Gasteiger partial charge in [0, 0.05) is 12.4 Å². The Balaban J connectivity index is 3.05. The molecular weight excluding hydrogens is 162 g/mol. The highest BCUT2D eigenvalue weighted by atomic mass is 16.6. The molecule has 0 aliphatic heterocycles. The van der Waals surface area contributed by atoms with Crippen molar-refractivity contribution < 1.29 is 10.1 Å². The lowest BCUT2D eigenvalue weighted by molar-refractivity contribution is -0.351. The number of aromatic nitrogens is 1. The molecule has 1 N–H and O–H groups in total. The molecule has 1 heterocycles. The van der Waals surface area contributed by atoms with Crippen molar-refractivity contribution in [1.82, 2.24) is 4.98 Å². The van der Waals surface area contributed by atoms with E-state index in [1.165, 1.54) is 24.5 Å². The van der Waals surface area contributed by atoms with Gasteiger partial charge in [0.05, 0.1) is 5.56 Å². The molecule has 0 atom stereocenters. The van der Waals surface area contributed by atoms with Crippen molar-refractivity contribution in [3.8, 4) is 0 Å². The average molecular weight is 167 g/mol. The zero-order chi connectivity index (χ0) is 8.97. The lowest BCUT2D eigenvalue weighted by Crippen LogP contribution is -2.13. The smallest absolute Gasteiger partial charge is 0.358 e. The predicted octanol–water partition coefficient (Wildman–Crippen LogP) is 0.494. The van der Waals surface area contributed by atoms with Crippen LogP contribution in [-0.2, 0) is 0 Å². The second-order valence-electron chi connectivity index (χ2n) is 1.92. The number of hydrogen-bond donors (Lipinski definition) is 1. The minimum Gasteiger partial charge on any atom is -0.358 e. The Hall–Kier alpha value is -1.98. The number of hydrogen-bond acceptors (Lipinski definition) is 5. The average Bonchev–Trinajstić information content (AvgIpc) is 2.07. The highest BCUT2D eigenvalue weighted by Gasteiger charge is 2.15. The Morgan fingerprint density at radius 3 is 2.92 bits per heavy atom. The first-order valence-corrected chi connectivity index (χ1v) is 3.02. The van der Waals surface area contributed by atoms with Gasteiger partial charge in [-0.1, -0.05) is 0 Å². The Bertz CT molecular complexity index is 309. The molecule has 1 aromatic heterocycles. The van der Waals surface area contributed by atoms with Crippen LogP contribution in [0.4, 0.5) is 0 Å². The Kier molecular flexibility index (Phi) is 2.32. The Morgan fingerprint density at radius 1 is 1.75 bits per heavy atom. The molecule has 6 heteroatoms. The van der Waals surface area contributed by atoms with Crippen molar-refractivity contribution in [1.29, 1.82) is 0 Å². The predicted molar refractivity (Wildman–Crippen MR) is 39.6 cm³/mol. The summed E-state index contributed by atoms with van der Waals surface area (Å²) < 4.78 is 0. The summed E-state index contributed by atoms with van der Waals surface area (Å²) in [6.07, 6.45) is 2.72. The third-order valence-corrected chi connectivity index (χ3v) is 1.19. The number of nitrogens with zero attached hydrogens (tertiary/aromatic N) is 3. The molecule has 62 valence electrons. The van der Waals surface area contributed by atoms with Gasteiger partial charge in [-0.2, -0.15) is 0 Å². The lowest BCUT2D eigenvalue weighted by atomic mass is 10.3. The topological polar surface area (TPSA) is 88.6 Å². The molecule has 0 spiro atoms. The largest absolute Gasteiger partial charge is 0.418 e. The van der Waals surface area contributed by atoms with Crippen LogP contribution in [0.3, 0.4) is 0 Å². The number of rotatable bonds is 1. The quantitative estimate of drug-likeness (QED) is 0.217. The number of nitro groups is 1. The van der Waals surface area contributed by atoms with E-state index in [4.69, 9.17) is 5.21 Å². The van der Waals surface area contributed by atoms with Gasteiger partial charge in [-0.3, -0.25) is 4.98 Å². The van der Waals surface area contributed by atoms with E-state index in [9.17, 15) is 10.1 Å². The van der Waals surface area contributed by atoms with Crippen molar-refractivity contribution in [2.45, 2.75) is 0 Å². The summed E-state index contributed by atoms with van der Waals surface area (Å²) in [5.41, 5.74) is 0.171. The van der Waals surface area contributed by atoms with E-state index < -0.39 is 10.8 Å². The molecule has 0 saturated heterocycles. The van der Waals surface area contributed by atoms with Gasteiger partial charge in [-0.15, -0.1) is 0 Å². The SMILES string of the molecule is O=[N+]([O-])/C(=N\O)c1cccnc1. The molecule has 0 unspecified atom stereocenters. The second kappa shape index (κ2) is 3.42. The van der Waals surface area contributed by atoms with Crippen LogP contribution in [0.25, 0.3) is 0 Å². The van der Waals surface area contributed by atoms with E-state index in [0.717, 1.165) is 0 Å². The second-order valence-corrected chi connectivity index (χ2v) is 1.92. The van der Waals surface area contributed by atoms with E-state index in [1.54, 1.807) is 0 Å². The standard InChI is InChI=1S/C6H5N3O3/c10-8-6(9(11)12)5-2-1-3-7-4-5/h1-4,10H/b8-6-. The van der Waals surface area contributed by atoms with Crippen molar-refractivity contribution in [2.24, 2.45) is 5.16 Å². The molecule has 0 fully saturated rings. The normalized spacial score (nSPS) is 11.2. The van der Waals surface area contributed by atoms with Crippen molar-refractivity contribution in [2.75, 3.05) is 0 Å². The zero-order valence-corrected chi connectivity index (χ0v) is 5.91. The molecular formula is C6H5N3O3. The molecule has 6 nitrogen and oxygen atoms in total. The lowest BCUT2D eigenvalue weighted by Gasteiger charge is -1.93. The summed E-state index contributed by atoms with van der Waals surface area (Å²) >= 11 is 0. The molecule has 12 heavy (non-hydrogen) atoms. The summed E-state index contributed by atoms with van der Waals surface area (Å²) in [6, 6.07) is 2.95. The third kappa shape index (κ3) is 1.54. The van der Waals surface area contributed by atoms with Crippen LogP contribution in [0, 0.1) is 10.1 Å². The molecule has 0 aliphatic rings. The van der Waals surface area contributed by atoms with Gasteiger partial charge in [0.2, 0.25) is 0 Å². The molecule has 0 aliphatic carbocycles. The molecule has 1 aromatic rings. The van der Waals surface area contributed by atoms with Gasteiger partial charge in [0.15, 0.2) is 5.16 Å². The number of pyridine rings is 1. The first-order valence-electron chi connectivity index (χ1n) is 3.02. The van der Waals surface area contributed by atoms with Crippen molar-refractivity contribution in [3.63, 3.8) is 0 Å². The van der Waals surface area contributed by atoms with Crippen LogP contribution in [0.15, 0.2) is 29.7 Å². The van der Waals surface area contributed by atoms with Crippen molar-refractivity contribution in [3.05, 3.63) is 40.2 Å². The van der Waals surface area contributed by atoms with Crippen LogP contribution < -0.4 is 0 Å². The van der Waals surface area contributed by atoms with Gasteiger partial charge in [0.1, 0.15) is 0 Å². The van der Waals surface area contributed by atoms with Gasteiger partial charge >= 0.3 is 5.84 Å². The van der Waals surface area contributed by atoms with E-state index in [2.05, 4.69) is 10.1 Å². The van der Waals surface area contributed by atoms with E-state index in [1.807, 2.05) is 0 Å². The van der Waals surface area contributed by atoms with Gasteiger partial charge in [-0.25, -0.2) is 0 Å². The summed E-state index contributed by atoms with van der Waals surface area (Å²) in [5, 5.41) is 21.0. The summed E-state index contributed by atoms with van der Waals surface area (Å²) in [4.78, 5) is 13.1. The van der Waals surface area contributed by atoms with Gasteiger partial charge < -0.3 is 15.3 Å². The maximum atomic E-state index is 10.2. The van der Waals surface area contributed by atoms with Crippen LogP contribution in [0.5, 0.6) is 0 Å². The van der Waals surface area contributed by atoms with Crippen LogP contribution in [0.2, 0.25) is 0 Å². The van der Waals surface area contributed by atoms with Gasteiger partial charge in [0.25, 0.3) is 0 Å². The number of oxime groups is 1. The molecule has 0 bridgehead atoms. The third-order valence-electron chi connectivity index (χ3n) is 1.19.